The molecule has 1 aromatic rings. The lowest BCUT2D eigenvalue weighted by Crippen LogP contribution is -2.36. The Bertz CT molecular complexity index is 482. The van der Waals surface area contributed by atoms with Gasteiger partial charge in [0.05, 0.1) is 0 Å². The van der Waals surface area contributed by atoms with Gasteiger partial charge in [-0.25, -0.2) is 0 Å². The van der Waals surface area contributed by atoms with Crippen molar-refractivity contribution in [2.45, 2.75) is 38.6 Å². The Hall–Kier alpha value is -1.25. The topological polar surface area (TPSA) is 34.0 Å². The molecule has 2 aliphatic carbocycles. The molecule has 1 N–H and O–H groups in total. The fraction of sp³-hybridized carbons (Fsp3) is 0.615. The molecule has 3 nitrogen and oxygen atoms in total. The van der Waals surface area contributed by atoms with Crippen LogP contribution in [0.2, 0.25) is 0 Å². The molecule has 0 atom stereocenters. The highest BCUT2D eigenvalue weighted by molar-refractivity contribution is 5.93. The quantitative estimate of drug-likeness (QED) is 0.700. The van der Waals surface area contributed by atoms with E-state index in [1.807, 2.05) is 0 Å². The lowest BCUT2D eigenvalue weighted by Gasteiger charge is -2.25. The molecule has 0 aromatic carbocycles. The lowest BCUT2D eigenvalue weighted by molar-refractivity contribution is 0.0927. The molecule has 1 spiro atoms. The van der Waals surface area contributed by atoms with Crippen LogP contribution < -0.4 is 5.32 Å². The summed E-state index contributed by atoms with van der Waals surface area (Å²) in [5.41, 5.74) is 4.43. The van der Waals surface area contributed by atoms with Gasteiger partial charge in [-0.1, -0.05) is 0 Å². The average molecular weight is 216 g/mol. The van der Waals surface area contributed by atoms with E-state index in [1.165, 1.54) is 43.4 Å². The number of carbonyl (C=O) groups is 1. The summed E-state index contributed by atoms with van der Waals surface area (Å²) in [6.45, 7) is 1.76. The zero-order valence-electron chi connectivity index (χ0n) is 9.38. The molecule has 1 amide bonds. The van der Waals surface area contributed by atoms with Gasteiger partial charge in [-0.15, -0.1) is 0 Å². The molecule has 3 heteroatoms. The predicted octanol–water partition coefficient (Wildman–Crippen LogP) is 1.50. The molecule has 16 heavy (non-hydrogen) atoms. The summed E-state index contributed by atoms with van der Waals surface area (Å²) in [6, 6.07) is 2.12. The summed E-state index contributed by atoms with van der Waals surface area (Å²) in [7, 11) is 0. The van der Waals surface area contributed by atoms with Gasteiger partial charge < -0.3 is 9.88 Å². The smallest absolute Gasteiger partial charge is 0.267 e. The van der Waals surface area contributed by atoms with Crippen LogP contribution in [0.25, 0.3) is 0 Å². The lowest BCUT2D eigenvalue weighted by atomic mass is 9.85. The molecule has 84 valence electrons. The molecule has 3 aliphatic rings. The van der Waals surface area contributed by atoms with Gasteiger partial charge in [0.15, 0.2) is 0 Å². The van der Waals surface area contributed by atoms with E-state index in [4.69, 9.17) is 0 Å². The average Bonchev–Trinajstić information content (AvgIpc) is 2.92. The van der Waals surface area contributed by atoms with Crippen molar-refractivity contribution in [2.24, 2.45) is 5.41 Å². The van der Waals surface area contributed by atoms with E-state index in [-0.39, 0.29) is 5.91 Å². The zero-order valence-corrected chi connectivity index (χ0v) is 9.38. The van der Waals surface area contributed by atoms with Gasteiger partial charge in [-0.05, 0) is 49.1 Å². The molecule has 1 saturated carbocycles. The second kappa shape index (κ2) is 2.70. The van der Waals surface area contributed by atoms with Gasteiger partial charge >= 0.3 is 0 Å². The summed E-state index contributed by atoms with van der Waals surface area (Å²) < 4.78 is 2.27. The van der Waals surface area contributed by atoms with E-state index in [2.05, 4.69) is 16.0 Å². The molecule has 2 heterocycles. The first-order valence-corrected chi connectivity index (χ1v) is 6.27. The van der Waals surface area contributed by atoms with Crippen molar-refractivity contribution < 1.29 is 4.79 Å². The van der Waals surface area contributed by atoms with Crippen molar-refractivity contribution in [2.75, 3.05) is 6.54 Å². The first-order valence-electron chi connectivity index (χ1n) is 6.27. The number of hydrogen-bond acceptors (Lipinski definition) is 1. The number of fused-ring (bicyclic) bond motifs is 3. The molecule has 1 aliphatic heterocycles. The highest BCUT2D eigenvalue weighted by Gasteiger charge is 2.46. The summed E-state index contributed by atoms with van der Waals surface area (Å²) in [4.78, 5) is 11.7. The number of rotatable bonds is 0. The Morgan fingerprint density at radius 2 is 2.19 bits per heavy atom. The van der Waals surface area contributed by atoms with Crippen molar-refractivity contribution >= 4 is 5.91 Å². The number of aromatic nitrogens is 1. The van der Waals surface area contributed by atoms with E-state index in [0.29, 0.717) is 5.41 Å². The third-order valence-corrected chi connectivity index (χ3v) is 4.58. The van der Waals surface area contributed by atoms with Crippen LogP contribution in [-0.4, -0.2) is 17.0 Å². The number of aryl methyl sites for hydroxylation is 1. The standard InChI is InChI=1S/C13H16N2O/c16-12-10-7-9-1-2-13(3-4-13)8-11(9)15(10)6-5-14-12/h7H,1-6,8H2,(H,14,16). The van der Waals surface area contributed by atoms with Crippen molar-refractivity contribution in [3.05, 3.63) is 23.0 Å². The van der Waals surface area contributed by atoms with Crippen LogP contribution in [0.15, 0.2) is 6.07 Å². The maximum atomic E-state index is 11.7. The SMILES string of the molecule is O=C1NCCn2c1cc1c2CC2(CC1)CC2. The third kappa shape index (κ3) is 1.06. The van der Waals surface area contributed by atoms with Crippen molar-refractivity contribution in [3.8, 4) is 0 Å². The fourth-order valence-corrected chi connectivity index (χ4v) is 3.33. The van der Waals surface area contributed by atoms with Crippen LogP contribution in [0.1, 0.15) is 41.0 Å². The Balaban J connectivity index is 1.84. The Labute approximate surface area is 94.8 Å². The number of carbonyl (C=O) groups excluding carboxylic acids is 1. The minimum absolute atomic E-state index is 0.116. The van der Waals surface area contributed by atoms with E-state index >= 15 is 0 Å². The Kier molecular flexibility index (Phi) is 1.50. The number of hydrogen-bond donors (Lipinski definition) is 1. The molecule has 1 fully saturated rings. The molecular formula is C13H16N2O. The molecular weight excluding hydrogens is 200 g/mol. The molecule has 0 radical (unpaired) electrons. The van der Waals surface area contributed by atoms with Gasteiger partial charge in [0, 0.05) is 18.8 Å². The second-order valence-corrected chi connectivity index (χ2v) is 5.59. The zero-order chi connectivity index (χ0) is 10.8. The largest absolute Gasteiger partial charge is 0.349 e. The third-order valence-electron chi connectivity index (χ3n) is 4.58. The highest BCUT2D eigenvalue weighted by atomic mass is 16.2. The maximum absolute atomic E-state index is 11.7. The van der Waals surface area contributed by atoms with Crippen LogP contribution in [0.5, 0.6) is 0 Å². The molecule has 0 saturated heterocycles. The highest BCUT2D eigenvalue weighted by Crippen LogP contribution is 2.55. The Morgan fingerprint density at radius 1 is 1.31 bits per heavy atom. The van der Waals surface area contributed by atoms with E-state index in [1.54, 1.807) is 0 Å². The first-order chi connectivity index (χ1) is 7.77. The van der Waals surface area contributed by atoms with Crippen LogP contribution in [0.3, 0.4) is 0 Å². The van der Waals surface area contributed by atoms with Gasteiger partial charge in [-0.3, -0.25) is 4.79 Å². The van der Waals surface area contributed by atoms with Crippen LogP contribution in [-0.2, 0) is 19.4 Å². The summed E-state index contributed by atoms with van der Waals surface area (Å²) in [5.74, 6) is 0.116. The Morgan fingerprint density at radius 3 is 3.00 bits per heavy atom. The predicted molar refractivity (Wildman–Crippen MR) is 60.5 cm³/mol. The monoisotopic (exact) mass is 216 g/mol. The fourth-order valence-electron chi connectivity index (χ4n) is 3.33. The first kappa shape index (κ1) is 8.85. The number of nitrogens with one attached hydrogen (secondary N) is 1. The van der Waals surface area contributed by atoms with Crippen LogP contribution in [0, 0.1) is 5.41 Å². The van der Waals surface area contributed by atoms with E-state index < -0.39 is 0 Å². The number of nitrogens with zero attached hydrogens (tertiary/aromatic N) is 1. The normalized spacial score (nSPS) is 24.9. The van der Waals surface area contributed by atoms with Crippen molar-refractivity contribution in [1.29, 1.82) is 0 Å². The molecule has 4 rings (SSSR count). The summed E-state index contributed by atoms with van der Waals surface area (Å²) in [6.07, 6.45) is 6.54. The minimum atomic E-state index is 0.116. The summed E-state index contributed by atoms with van der Waals surface area (Å²) >= 11 is 0. The minimum Gasteiger partial charge on any atom is -0.349 e. The van der Waals surface area contributed by atoms with Gasteiger partial charge in [0.2, 0.25) is 0 Å². The van der Waals surface area contributed by atoms with Crippen molar-refractivity contribution in [3.63, 3.8) is 0 Å². The molecule has 1 aromatic heterocycles. The van der Waals surface area contributed by atoms with Gasteiger partial charge in [0.1, 0.15) is 5.69 Å². The van der Waals surface area contributed by atoms with E-state index in [0.717, 1.165) is 18.8 Å². The molecule has 0 bridgehead atoms. The maximum Gasteiger partial charge on any atom is 0.267 e. The second-order valence-electron chi connectivity index (χ2n) is 5.59. The van der Waals surface area contributed by atoms with Crippen LogP contribution >= 0.6 is 0 Å². The van der Waals surface area contributed by atoms with Crippen molar-refractivity contribution in [1.82, 2.24) is 9.88 Å². The van der Waals surface area contributed by atoms with E-state index in [9.17, 15) is 4.79 Å². The summed E-state index contributed by atoms with van der Waals surface area (Å²) in [5, 5.41) is 2.92. The molecule has 0 unspecified atom stereocenters. The number of amides is 1. The van der Waals surface area contributed by atoms with Crippen LogP contribution in [0.4, 0.5) is 0 Å². The van der Waals surface area contributed by atoms with Gasteiger partial charge in [0.25, 0.3) is 5.91 Å². The van der Waals surface area contributed by atoms with Gasteiger partial charge in [-0.2, -0.15) is 0 Å².